The molecule has 0 aromatic heterocycles. The van der Waals surface area contributed by atoms with Gasteiger partial charge in [-0.1, -0.05) is 60.7 Å². The Balaban J connectivity index is 1.43. The quantitative estimate of drug-likeness (QED) is 0.0970. The van der Waals surface area contributed by atoms with Crippen molar-refractivity contribution in [2.75, 3.05) is 79.9 Å². The summed E-state index contributed by atoms with van der Waals surface area (Å²) >= 11 is 0. The third kappa shape index (κ3) is 15.8. The molecule has 2 aromatic carbocycles. The number of ether oxygens (including phenoxy) is 2. The zero-order chi connectivity index (χ0) is 48.2. The van der Waals surface area contributed by atoms with Crippen LogP contribution in [0.4, 0.5) is 8.78 Å². The van der Waals surface area contributed by atoms with Crippen molar-refractivity contribution in [2.45, 2.75) is 115 Å². The number of hydrogen-bond acceptors (Lipinski definition) is 10. The van der Waals surface area contributed by atoms with E-state index in [0.29, 0.717) is 51.6 Å². The lowest BCUT2D eigenvalue weighted by Crippen LogP contribution is -2.59. The Morgan fingerprint density at radius 3 is 1.32 bits per heavy atom. The lowest BCUT2D eigenvalue weighted by molar-refractivity contribution is -0.145. The summed E-state index contributed by atoms with van der Waals surface area (Å²) in [6.45, 7) is 5.82. The number of amides is 6. The zero-order valence-electron chi connectivity index (χ0n) is 39.5. The van der Waals surface area contributed by atoms with E-state index in [1.807, 2.05) is 60.7 Å². The minimum absolute atomic E-state index is 0.0513. The lowest BCUT2D eigenvalue weighted by atomic mass is 10.1. The summed E-state index contributed by atoms with van der Waals surface area (Å²) in [6.07, 6.45) is 1.82. The summed E-state index contributed by atoms with van der Waals surface area (Å²) in [5, 5.41) is 11.5. The Kier molecular flexibility index (Phi) is 22.4. The number of nitrogens with zero attached hydrogens (tertiary/aromatic N) is 4. The number of benzene rings is 2. The van der Waals surface area contributed by atoms with E-state index in [2.05, 4.69) is 21.3 Å². The fourth-order valence-corrected chi connectivity index (χ4v) is 8.36. The van der Waals surface area contributed by atoms with E-state index in [9.17, 15) is 37.5 Å². The molecule has 2 aliphatic rings. The highest BCUT2D eigenvalue weighted by Crippen LogP contribution is 2.23. The first kappa shape index (κ1) is 53.6. The maximum Gasteiger partial charge on any atom is 0.254 e. The zero-order valence-corrected chi connectivity index (χ0v) is 39.5. The molecule has 16 nitrogen and oxygen atoms in total. The molecule has 2 saturated heterocycles. The molecule has 6 amide bonds. The van der Waals surface area contributed by atoms with Crippen LogP contribution in [0.1, 0.15) is 64.5 Å². The topological polar surface area (TPSA) is 182 Å². The fraction of sp³-hybridized carbons (Fsp3) is 0.625. The van der Waals surface area contributed by atoms with Crippen LogP contribution in [-0.2, 0) is 51.1 Å². The predicted octanol–water partition coefficient (Wildman–Crippen LogP) is 2.05. The fourth-order valence-electron chi connectivity index (χ4n) is 8.36. The summed E-state index contributed by atoms with van der Waals surface area (Å²) in [7, 11) is 3.25. The van der Waals surface area contributed by atoms with Crippen molar-refractivity contribution in [3.63, 3.8) is 0 Å². The van der Waals surface area contributed by atoms with Gasteiger partial charge >= 0.3 is 0 Å². The van der Waals surface area contributed by atoms with E-state index in [4.69, 9.17) is 9.47 Å². The van der Waals surface area contributed by atoms with E-state index in [1.165, 1.54) is 9.80 Å². The smallest absolute Gasteiger partial charge is 0.254 e. The van der Waals surface area contributed by atoms with Crippen LogP contribution in [0.25, 0.3) is 0 Å². The van der Waals surface area contributed by atoms with Gasteiger partial charge < -0.3 is 50.3 Å². The summed E-state index contributed by atoms with van der Waals surface area (Å²) < 4.78 is 39.9. The molecule has 2 aromatic rings. The van der Waals surface area contributed by atoms with Gasteiger partial charge in [0.05, 0.1) is 37.5 Å². The van der Waals surface area contributed by atoms with E-state index in [0.717, 1.165) is 11.1 Å². The number of carbonyl (C=O) groups is 6. The average Bonchev–Trinajstić information content (AvgIpc) is 4.02. The molecule has 0 saturated carbocycles. The first-order chi connectivity index (χ1) is 31.7. The van der Waals surface area contributed by atoms with Gasteiger partial charge in [-0.15, -0.1) is 0 Å². The number of likely N-dealkylation sites (tertiary alicyclic amines) is 2. The van der Waals surface area contributed by atoms with Crippen LogP contribution in [0.2, 0.25) is 0 Å². The lowest BCUT2D eigenvalue weighted by Gasteiger charge is -2.35. The number of halogens is 2. The molecule has 0 unspecified atom stereocenters. The molecule has 66 heavy (non-hydrogen) atoms. The Morgan fingerprint density at radius 2 is 0.985 bits per heavy atom. The van der Waals surface area contributed by atoms with Gasteiger partial charge in [-0.3, -0.25) is 28.8 Å². The number of alkyl halides is 2. The summed E-state index contributed by atoms with van der Waals surface area (Å²) in [4.78, 5) is 86.9. The van der Waals surface area contributed by atoms with Gasteiger partial charge in [-0.2, -0.15) is 0 Å². The van der Waals surface area contributed by atoms with Gasteiger partial charge in [0.1, 0.15) is 12.1 Å². The van der Waals surface area contributed by atoms with Gasteiger partial charge in [0.15, 0.2) is 13.3 Å². The minimum Gasteiger partial charge on any atom is -0.373 e. The first-order valence-corrected chi connectivity index (χ1v) is 23.3. The molecule has 0 spiro atoms. The highest BCUT2D eigenvalue weighted by atomic mass is 19.1. The standard InChI is InChI=1S/C48H72F2N8O8/c1-33(51-5)45(61)53-43(47(63)57-23-13-19-39(57)31-55(41(59)29-49)25-21-37-15-9-7-10-16-37)35(3)65-27-28-66-36(4)44(54-46(62)34(2)52-6)48(64)58-24-14-20-40(58)32-56(42(60)30-50)26-22-38-17-11-8-12-18-38/h7-12,15-18,33-36,39-40,43-44,51-52H,13-14,19-32H2,1-6H3,(H,53,61)(H,54,62)/t33-,34-,35+,36+,39-,40-,43-,44-/m0/s1. The van der Waals surface area contributed by atoms with Crippen molar-refractivity contribution < 1.29 is 47.0 Å². The van der Waals surface area contributed by atoms with Crippen LogP contribution in [0.15, 0.2) is 60.7 Å². The van der Waals surface area contributed by atoms with E-state index >= 15 is 0 Å². The van der Waals surface area contributed by atoms with Crippen LogP contribution in [0.3, 0.4) is 0 Å². The van der Waals surface area contributed by atoms with Gasteiger partial charge in [0.2, 0.25) is 23.6 Å². The van der Waals surface area contributed by atoms with E-state index in [-0.39, 0.29) is 39.4 Å². The molecule has 366 valence electrons. The maximum atomic E-state index is 14.4. The molecular weight excluding hydrogens is 855 g/mol. The van der Waals surface area contributed by atoms with Crippen molar-refractivity contribution >= 4 is 35.4 Å². The largest absolute Gasteiger partial charge is 0.373 e. The Labute approximate surface area is 388 Å². The van der Waals surface area contributed by atoms with Gasteiger partial charge in [0, 0.05) is 51.4 Å². The molecule has 8 atom stereocenters. The molecule has 2 heterocycles. The van der Waals surface area contributed by atoms with E-state index in [1.54, 1.807) is 51.6 Å². The summed E-state index contributed by atoms with van der Waals surface area (Å²) in [5.74, 6) is -2.96. The summed E-state index contributed by atoms with van der Waals surface area (Å²) in [6, 6.07) is 14.8. The molecule has 0 radical (unpaired) electrons. The molecule has 0 aliphatic carbocycles. The number of rotatable bonds is 27. The third-order valence-corrected chi connectivity index (χ3v) is 12.7. The second-order valence-corrected chi connectivity index (χ2v) is 17.2. The molecule has 4 rings (SSSR count). The van der Waals surface area contributed by atoms with Crippen molar-refractivity contribution in [1.82, 2.24) is 40.9 Å². The van der Waals surface area contributed by atoms with E-state index < -0.39 is 97.3 Å². The van der Waals surface area contributed by atoms with Crippen molar-refractivity contribution in [2.24, 2.45) is 0 Å². The molecule has 0 bridgehead atoms. The number of hydrogen-bond donors (Lipinski definition) is 4. The predicted molar refractivity (Wildman–Crippen MR) is 247 cm³/mol. The summed E-state index contributed by atoms with van der Waals surface area (Å²) in [5.41, 5.74) is 1.99. The minimum atomic E-state index is -1.16. The average molecular weight is 927 g/mol. The van der Waals surface area contributed by atoms with Crippen LogP contribution < -0.4 is 21.3 Å². The van der Waals surface area contributed by atoms with Crippen LogP contribution in [0.5, 0.6) is 0 Å². The monoisotopic (exact) mass is 927 g/mol. The number of carbonyl (C=O) groups excluding carboxylic acids is 6. The second kappa shape index (κ2) is 27.6. The Hall–Kier alpha value is -5.04. The maximum absolute atomic E-state index is 14.4. The van der Waals surface area contributed by atoms with Crippen molar-refractivity contribution in [3.8, 4) is 0 Å². The second-order valence-electron chi connectivity index (χ2n) is 17.2. The number of likely N-dealkylation sites (N-methyl/N-ethyl adjacent to an activating group) is 2. The Morgan fingerprint density at radius 1 is 0.621 bits per heavy atom. The highest BCUT2D eigenvalue weighted by Gasteiger charge is 2.40. The van der Waals surface area contributed by atoms with Gasteiger partial charge in [0.25, 0.3) is 11.8 Å². The van der Waals surface area contributed by atoms with Crippen molar-refractivity contribution in [3.05, 3.63) is 71.8 Å². The van der Waals surface area contributed by atoms with Crippen LogP contribution >= 0.6 is 0 Å². The molecule has 2 aliphatic heterocycles. The molecule has 4 N–H and O–H groups in total. The first-order valence-electron chi connectivity index (χ1n) is 23.3. The van der Waals surface area contributed by atoms with Crippen LogP contribution in [-0.4, -0.2) is 183 Å². The highest BCUT2D eigenvalue weighted by molar-refractivity contribution is 5.91. The normalized spacial score (nSPS) is 18.7. The number of nitrogens with one attached hydrogen (secondary N) is 4. The molecular formula is C48H72F2N8O8. The van der Waals surface area contributed by atoms with Gasteiger partial charge in [-0.25, -0.2) is 8.78 Å². The molecule has 18 heteroatoms. The van der Waals surface area contributed by atoms with Gasteiger partial charge in [-0.05, 0) is 91.4 Å². The Bertz CT molecular complexity index is 1720. The van der Waals surface area contributed by atoms with Crippen LogP contribution in [0, 0.1) is 0 Å². The SMILES string of the molecule is CN[C@@H](C)C(=O)N[C@H](C(=O)N1CCC[C@H]1CN(CCc1ccccc1)C(=O)CF)[C@@H](C)OCCO[C@H](C)[C@H](NC(=O)[C@H](C)NC)C(=O)N1CCC[C@H]1CN(CCc1ccccc1)C(=O)CF. The molecule has 2 fully saturated rings. The van der Waals surface area contributed by atoms with Crippen molar-refractivity contribution in [1.29, 1.82) is 0 Å². The third-order valence-electron chi connectivity index (χ3n) is 12.7.